The van der Waals surface area contributed by atoms with Gasteiger partial charge >= 0.3 is 5.97 Å². The van der Waals surface area contributed by atoms with E-state index in [-0.39, 0.29) is 5.75 Å². The van der Waals surface area contributed by atoms with Gasteiger partial charge in [-0.05, 0) is 17.7 Å². The fourth-order valence-corrected chi connectivity index (χ4v) is 1.64. The lowest BCUT2D eigenvalue weighted by atomic mass is 9.98. The van der Waals surface area contributed by atoms with Crippen LogP contribution in [0.1, 0.15) is 17.3 Å². The number of hydrogen-bond acceptors (Lipinski definition) is 4. The molecule has 0 saturated heterocycles. The van der Waals surface area contributed by atoms with Gasteiger partial charge in [0.25, 0.3) is 0 Å². The van der Waals surface area contributed by atoms with Gasteiger partial charge in [0, 0.05) is 7.05 Å². The Kier molecular flexibility index (Phi) is 2.78. The van der Waals surface area contributed by atoms with Gasteiger partial charge in [0.15, 0.2) is 0 Å². The molecule has 1 aromatic carbocycles. The van der Waals surface area contributed by atoms with E-state index < -0.39 is 11.9 Å². The van der Waals surface area contributed by atoms with Crippen LogP contribution in [-0.2, 0) is 11.8 Å². The number of benzene rings is 1. The molecule has 0 aliphatic heterocycles. The zero-order valence-electron chi connectivity index (χ0n) is 9.11. The van der Waals surface area contributed by atoms with Crippen molar-refractivity contribution in [2.24, 2.45) is 7.05 Å². The number of aromatic nitrogens is 3. The van der Waals surface area contributed by atoms with Gasteiger partial charge in [-0.3, -0.25) is 9.48 Å². The fourth-order valence-electron chi connectivity index (χ4n) is 1.64. The molecule has 0 amide bonds. The van der Waals surface area contributed by atoms with Gasteiger partial charge in [0.2, 0.25) is 0 Å². The van der Waals surface area contributed by atoms with Gasteiger partial charge in [-0.15, -0.1) is 0 Å². The molecule has 0 saturated carbocycles. The summed E-state index contributed by atoms with van der Waals surface area (Å²) in [6, 6.07) is 6.01. The molecule has 17 heavy (non-hydrogen) atoms. The van der Waals surface area contributed by atoms with E-state index in [1.807, 2.05) is 0 Å². The van der Waals surface area contributed by atoms with Crippen LogP contribution in [0.4, 0.5) is 0 Å². The normalized spacial score (nSPS) is 12.3. The summed E-state index contributed by atoms with van der Waals surface area (Å²) in [6.45, 7) is 0. The number of phenolic OH excluding ortho intramolecular Hbond substituents is 1. The fraction of sp³-hybridized carbons (Fsp3) is 0.182. The molecule has 2 rings (SSSR count). The lowest BCUT2D eigenvalue weighted by Gasteiger charge is -2.11. The third-order valence-corrected chi connectivity index (χ3v) is 2.48. The van der Waals surface area contributed by atoms with Crippen LogP contribution < -0.4 is 0 Å². The van der Waals surface area contributed by atoms with Crippen molar-refractivity contribution >= 4 is 5.97 Å². The number of aryl methyl sites for hydroxylation is 1. The minimum absolute atomic E-state index is 0.0934. The van der Waals surface area contributed by atoms with Crippen molar-refractivity contribution in [1.82, 2.24) is 14.8 Å². The van der Waals surface area contributed by atoms with Gasteiger partial charge in [0.05, 0.1) is 0 Å². The monoisotopic (exact) mass is 233 g/mol. The molecule has 6 nitrogen and oxygen atoms in total. The van der Waals surface area contributed by atoms with Crippen LogP contribution >= 0.6 is 0 Å². The summed E-state index contributed by atoms with van der Waals surface area (Å²) < 4.78 is 1.42. The maximum Gasteiger partial charge on any atom is 0.318 e. The smallest absolute Gasteiger partial charge is 0.318 e. The summed E-state index contributed by atoms with van der Waals surface area (Å²) >= 11 is 0. The number of aromatic hydroxyl groups is 1. The predicted molar refractivity (Wildman–Crippen MR) is 58.6 cm³/mol. The minimum Gasteiger partial charge on any atom is -0.508 e. The summed E-state index contributed by atoms with van der Waals surface area (Å²) in [5.74, 6) is -1.45. The highest BCUT2D eigenvalue weighted by atomic mass is 16.4. The molecular formula is C11H11N3O3. The van der Waals surface area contributed by atoms with Crippen molar-refractivity contribution in [3.8, 4) is 5.75 Å². The van der Waals surface area contributed by atoms with Gasteiger partial charge < -0.3 is 10.2 Å². The molecule has 2 aromatic rings. The Hall–Kier alpha value is -2.37. The Bertz CT molecular complexity index is 533. The summed E-state index contributed by atoms with van der Waals surface area (Å²) in [5.41, 5.74) is 0.548. The number of carboxylic acids is 1. The topological polar surface area (TPSA) is 88.2 Å². The number of nitrogens with zero attached hydrogens (tertiary/aromatic N) is 3. The Morgan fingerprint density at radius 1 is 1.35 bits per heavy atom. The van der Waals surface area contributed by atoms with E-state index in [0.29, 0.717) is 11.4 Å². The highest BCUT2D eigenvalue weighted by Gasteiger charge is 2.26. The predicted octanol–water partition coefficient (Wildman–Crippen LogP) is 0.737. The first-order chi connectivity index (χ1) is 8.09. The van der Waals surface area contributed by atoms with Gasteiger partial charge in [0.1, 0.15) is 23.8 Å². The van der Waals surface area contributed by atoms with Crippen molar-refractivity contribution in [1.29, 1.82) is 0 Å². The molecule has 1 atom stereocenters. The number of rotatable bonds is 3. The Morgan fingerprint density at radius 3 is 2.47 bits per heavy atom. The van der Waals surface area contributed by atoms with E-state index >= 15 is 0 Å². The molecule has 0 bridgehead atoms. The first-order valence-corrected chi connectivity index (χ1v) is 4.95. The second-order valence-corrected chi connectivity index (χ2v) is 3.60. The molecule has 0 aliphatic carbocycles. The maximum atomic E-state index is 11.3. The average Bonchev–Trinajstić information content (AvgIpc) is 2.68. The minimum atomic E-state index is -1.01. The Morgan fingerprint density at radius 2 is 2.00 bits per heavy atom. The van der Waals surface area contributed by atoms with Crippen LogP contribution in [0.3, 0.4) is 0 Å². The molecule has 1 unspecified atom stereocenters. The van der Waals surface area contributed by atoms with Gasteiger partial charge in [-0.2, -0.15) is 5.10 Å². The third-order valence-electron chi connectivity index (χ3n) is 2.48. The zero-order valence-corrected chi connectivity index (χ0v) is 9.11. The van der Waals surface area contributed by atoms with E-state index in [1.165, 1.54) is 23.1 Å². The Labute approximate surface area is 97.2 Å². The van der Waals surface area contributed by atoms with E-state index in [0.717, 1.165) is 0 Å². The van der Waals surface area contributed by atoms with Crippen LogP contribution in [0, 0.1) is 0 Å². The molecule has 0 radical (unpaired) electrons. The van der Waals surface area contributed by atoms with E-state index in [4.69, 9.17) is 0 Å². The van der Waals surface area contributed by atoms with Crippen LogP contribution in [0.15, 0.2) is 30.6 Å². The number of carbonyl (C=O) groups is 1. The van der Waals surface area contributed by atoms with E-state index in [9.17, 15) is 15.0 Å². The summed E-state index contributed by atoms with van der Waals surface area (Å²) in [7, 11) is 1.64. The quantitative estimate of drug-likeness (QED) is 0.816. The average molecular weight is 233 g/mol. The van der Waals surface area contributed by atoms with Crippen LogP contribution in [0.5, 0.6) is 5.75 Å². The molecule has 0 aliphatic rings. The van der Waals surface area contributed by atoms with E-state index in [2.05, 4.69) is 10.1 Å². The molecule has 2 N–H and O–H groups in total. The number of hydrogen-bond donors (Lipinski definition) is 2. The van der Waals surface area contributed by atoms with Crippen molar-refractivity contribution in [3.63, 3.8) is 0 Å². The van der Waals surface area contributed by atoms with Crippen molar-refractivity contribution < 1.29 is 15.0 Å². The standard InChI is InChI=1S/C11H11N3O3/c1-14-10(12-6-13-14)9(11(16)17)7-2-4-8(15)5-3-7/h2-6,9,15H,1H3,(H,16,17). The molecule has 0 spiro atoms. The third kappa shape index (κ3) is 2.10. The summed E-state index contributed by atoms with van der Waals surface area (Å²) in [5, 5.41) is 22.3. The maximum absolute atomic E-state index is 11.3. The molecule has 88 valence electrons. The number of aliphatic carboxylic acids is 1. The molecular weight excluding hydrogens is 222 g/mol. The van der Waals surface area contributed by atoms with Crippen LogP contribution in [-0.4, -0.2) is 30.9 Å². The molecule has 0 fully saturated rings. The lowest BCUT2D eigenvalue weighted by molar-refractivity contribution is -0.137. The molecule has 6 heteroatoms. The van der Waals surface area contributed by atoms with E-state index in [1.54, 1.807) is 19.2 Å². The van der Waals surface area contributed by atoms with Crippen molar-refractivity contribution in [3.05, 3.63) is 42.0 Å². The van der Waals surface area contributed by atoms with Gasteiger partial charge in [-0.1, -0.05) is 12.1 Å². The Balaban J connectivity index is 2.47. The largest absolute Gasteiger partial charge is 0.508 e. The van der Waals surface area contributed by atoms with Crippen molar-refractivity contribution in [2.75, 3.05) is 0 Å². The molecule has 1 heterocycles. The first kappa shape index (κ1) is 11.1. The second-order valence-electron chi connectivity index (χ2n) is 3.60. The van der Waals surface area contributed by atoms with Crippen LogP contribution in [0.25, 0.3) is 0 Å². The van der Waals surface area contributed by atoms with Gasteiger partial charge in [-0.25, -0.2) is 4.98 Å². The molecule has 1 aromatic heterocycles. The summed E-state index contributed by atoms with van der Waals surface area (Å²) in [6.07, 6.45) is 1.31. The number of carboxylic acid groups (broad SMARTS) is 1. The lowest BCUT2D eigenvalue weighted by Crippen LogP contribution is -2.17. The second kappa shape index (κ2) is 4.25. The highest BCUT2D eigenvalue weighted by molar-refractivity contribution is 5.79. The SMILES string of the molecule is Cn1ncnc1C(C(=O)O)c1ccc(O)cc1. The van der Waals surface area contributed by atoms with Crippen LogP contribution in [0.2, 0.25) is 0 Å². The zero-order chi connectivity index (χ0) is 12.4. The number of phenols is 1. The first-order valence-electron chi connectivity index (χ1n) is 4.95. The summed E-state index contributed by atoms with van der Waals surface area (Å²) in [4.78, 5) is 15.2. The highest BCUT2D eigenvalue weighted by Crippen LogP contribution is 2.24. The van der Waals surface area contributed by atoms with Crippen molar-refractivity contribution in [2.45, 2.75) is 5.92 Å².